The molecule has 5 heteroatoms. The summed E-state index contributed by atoms with van der Waals surface area (Å²) in [5.74, 6) is 0. The maximum atomic E-state index is 7.65. The van der Waals surface area contributed by atoms with E-state index in [0.29, 0.717) is 0 Å². The van der Waals surface area contributed by atoms with Gasteiger partial charge in [-0.2, -0.15) is 0 Å². The third-order valence-electron chi connectivity index (χ3n) is 0.390. The molecule has 0 aromatic heterocycles. The summed E-state index contributed by atoms with van der Waals surface area (Å²) in [6.07, 6.45) is 3.86. The molecule has 0 radical (unpaired) electrons. The van der Waals surface area contributed by atoms with Gasteiger partial charge in [0, 0.05) is 0 Å². The van der Waals surface area contributed by atoms with Crippen LogP contribution in [0.2, 0.25) is 0 Å². The van der Waals surface area contributed by atoms with Crippen molar-refractivity contribution in [2.24, 2.45) is 0 Å². The van der Waals surface area contributed by atoms with Gasteiger partial charge in [-0.1, -0.05) is 0 Å². The average molecular weight is 134 g/mol. The molecule has 0 bridgehead atoms. The molecule has 0 fully saturated rings. The van der Waals surface area contributed by atoms with Crippen LogP contribution in [0.15, 0.2) is 25.0 Å². The molecule has 0 aromatic rings. The molecule has 0 rings (SSSR count). The Bertz CT molecular complexity index is 85.1. The Balaban J connectivity index is 3.08. The van der Waals surface area contributed by atoms with Gasteiger partial charge in [0.2, 0.25) is 0 Å². The van der Waals surface area contributed by atoms with E-state index in [2.05, 4.69) is 14.5 Å². The van der Waals surface area contributed by atoms with E-state index in [1.54, 1.807) is 0 Å². The minimum Gasteiger partial charge on any atom is -0.466 e. The standard InChI is InChI=1S/C4H6O5/c5-8-3-1-7-2-4-9-6/h1-6H. The lowest BCUT2D eigenvalue weighted by molar-refractivity contribution is -0.190. The largest absolute Gasteiger partial charge is 0.466 e. The lowest BCUT2D eigenvalue weighted by atomic mass is 11.0. The highest BCUT2D eigenvalue weighted by Crippen LogP contribution is 1.79. The van der Waals surface area contributed by atoms with Crippen LogP contribution in [0.3, 0.4) is 0 Å². The molecule has 5 nitrogen and oxygen atoms in total. The molecule has 0 aromatic carbocycles. The van der Waals surface area contributed by atoms with Gasteiger partial charge < -0.3 is 14.5 Å². The molecule has 0 atom stereocenters. The first-order valence-electron chi connectivity index (χ1n) is 1.97. The fraction of sp³-hybridized carbons (Fsp3) is 0. The summed E-state index contributed by atoms with van der Waals surface area (Å²) in [6.45, 7) is 0. The monoisotopic (exact) mass is 134 g/mol. The molecule has 0 amide bonds. The normalized spacial score (nSPS) is 10.4. The number of ether oxygens (including phenoxy) is 1. The Morgan fingerprint density at radius 1 is 0.778 bits per heavy atom. The topological polar surface area (TPSA) is 68.2 Å². The van der Waals surface area contributed by atoms with Crippen molar-refractivity contribution in [2.75, 3.05) is 0 Å². The summed E-state index contributed by atoms with van der Waals surface area (Å²) in [5.41, 5.74) is 0. The zero-order chi connectivity index (χ0) is 6.95. The molecule has 0 aliphatic carbocycles. The van der Waals surface area contributed by atoms with Crippen molar-refractivity contribution in [1.82, 2.24) is 0 Å². The lowest BCUT2D eigenvalue weighted by Crippen LogP contribution is -1.70. The van der Waals surface area contributed by atoms with E-state index >= 15 is 0 Å². The minimum absolute atomic E-state index is 0.891. The molecule has 0 unspecified atom stereocenters. The van der Waals surface area contributed by atoms with Crippen molar-refractivity contribution in [3.05, 3.63) is 25.0 Å². The maximum absolute atomic E-state index is 7.65. The third-order valence-corrected chi connectivity index (χ3v) is 0.390. The second-order valence-electron chi connectivity index (χ2n) is 0.891. The van der Waals surface area contributed by atoms with E-state index in [-0.39, 0.29) is 0 Å². The highest BCUT2D eigenvalue weighted by atomic mass is 17.1. The van der Waals surface area contributed by atoms with Gasteiger partial charge in [-0.05, 0) is 0 Å². The van der Waals surface area contributed by atoms with E-state index in [4.69, 9.17) is 10.5 Å². The van der Waals surface area contributed by atoms with Crippen LogP contribution in [-0.2, 0) is 14.5 Å². The van der Waals surface area contributed by atoms with Crippen molar-refractivity contribution >= 4 is 0 Å². The predicted octanol–water partition coefficient (Wildman–Crippen LogP) is 0.925. The molecule has 0 aliphatic heterocycles. The summed E-state index contributed by atoms with van der Waals surface area (Å²) in [4.78, 5) is 6.96. The second-order valence-corrected chi connectivity index (χ2v) is 0.891. The fourth-order valence-corrected chi connectivity index (χ4v) is 0.159. The molecule has 0 heterocycles. The third kappa shape index (κ3) is 6.80. The summed E-state index contributed by atoms with van der Waals surface area (Å²) < 4.78 is 4.38. The van der Waals surface area contributed by atoms with Gasteiger partial charge in [0.15, 0.2) is 12.5 Å². The smallest absolute Gasteiger partial charge is 0.164 e. The zero-order valence-electron chi connectivity index (χ0n) is 4.43. The van der Waals surface area contributed by atoms with Crippen LogP contribution >= 0.6 is 0 Å². The van der Waals surface area contributed by atoms with Crippen LogP contribution in [0.5, 0.6) is 0 Å². The van der Waals surface area contributed by atoms with Gasteiger partial charge in [-0.3, -0.25) is 0 Å². The van der Waals surface area contributed by atoms with Crippen molar-refractivity contribution in [3.63, 3.8) is 0 Å². The summed E-state index contributed by atoms with van der Waals surface area (Å²) in [7, 11) is 0. The maximum Gasteiger partial charge on any atom is 0.164 e. The molecule has 0 aliphatic rings. The van der Waals surface area contributed by atoms with Crippen molar-refractivity contribution in [1.29, 1.82) is 0 Å². The van der Waals surface area contributed by atoms with Gasteiger partial charge in [0.25, 0.3) is 0 Å². The predicted molar refractivity (Wildman–Crippen MR) is 26.8 cm³/mol. The molecule has 52 valence electrons. The second kappa shape index (κ2) is 6.80. The highest BCUT2D eigenvalue weighted by Gasteiger charge is 1.67. The summed E-state index contributed by atoms with van der Waals surface area (Å²) in [6, 6.07) is 0. The number of rotatable bonds is 4. The number of hydrogen-bond acceptors (Lipinski definition) is 5. The first-order valence-corrected chi connectivity index (χ1v) is 1.97. The fourth-order valence-electron chi connectivity index (χ4n) is 0.159. The van der Waals surface area contributed by atoms with E-state index < -0.39 is 0 Å². The first-order chi connectivity index (χ1) is 4.41. The van der Waals surface area contributed by atoms with E-state index in [1.165, 1.54) is 0 Å². The van der Waals surface area contributed by atoms with E-state index in [9.17, 15) is 0 Å². The molecule has 2 N–H and O–H groups in total. The molecule has 0 saturated heterocycles. The van der Waals surface area contributed by atoms with E-state index in [0.717, 1.165) is 25.0 Å². The Hall–Kier alpha value is -1.20. The molecule has 0 saturated carbocycles. The number of hydrogen-bond donors (Lipinski definition) is 2. The van der Waals surface area contributed by atoms with Crippen LogP contribution < -0.4 is 0 Å². The van der Waals surface area contributed by atoms with Crippen LogP contribution in [0, 0.1) is 0 Å². The van der Waals surface area contributed by atoms with Crippen LogP contribution in [0.1, 0.15) is 0 Å². The van der Waals surface area contributed by atoms with Crippen LogP contribution in [0.25, 0.3) is 0 Å². The molecular formula is C4H6O5. The SMILES string of the molecule is OOC=COC=COO. The van der Waals surface area contributed by atoms with Crippen LogP contribution in [0.4, 0.5) is 0 Å². The lowest BCUT2D eigenvalue weighted by Gasteiger charge is -1.86. The Morgan fingerprint density at radius 2 is 1.22 bits per heavy atom. The van der Waals surface area contributed by atoms with Gasteiger partial charge in [0.1, 0.15) is 12.5 Å². The Kier molecular flexibility index (Phi) is 5.89. The zero-order valence-corrected chi connectivity index (χ0v) is 4.43. The van der Waals surface area contributed by atoms with E-state index in [1.807, 2.05) is 0 Å². The Morgan fingerprint density at radius 3 is 1.56 bits per heavy atom. The minimum atomic E-state index is 0.891. The molecule has 9 heavy (non-hydrogen) atoms. The van der Waals surface area contributed by atoms with Crippen molar-refractivity contribution < 1.29 is 25.0 Å². The van der Waals surface area contributed by atoms with Gasteiger partial charge in [0.05, 0.1) is 0 Å². The van der Waals surface area contributed by atoms with Gasteiger partial charge >= 0.3 is 0 Å². The van der Waals surface area contributed by atoms with Crippen molar-refractivity contribution in [2.45, 2.75) is 0 Å². The molecular weight excluding hydrogens is 128 g/mol. The molecule has 0 spiro atoms. The average Bonchev–Trinajstić information content (AvgIpc) is 1.89. The summed E-state index contributed by atoms with van der Waals surface area (Å²) >= 11 is 0. The quantitative estimate of drug-likeness (QED) is 0.340. The van der Waals surface area contributed by atoms with Crippen LogP contribution in [-0.4, -0.2) is 10.5 Å². The van der Waals surface area contributed by atoms with Gasteiger partial charge in [-0.15, -0.1) is 0 Å². The Labute approximate surface area is 51.2 Å². The van der Waals surface area contributed by atoms with Crippen molar-refractivity contribution in [3.8, 4) is 0 Å². The highest BCUT2D eigenvalue weighted by molar-refractivity contribution is 4.67. The first kappa shape index (κ1) is 7.80. The van der Waals surface area contributed by atoms with Gasteiger partial charge in [-0.25, -0.2) is 10.5 Å². The summed E-state index contributed by atoms with van der Waals surface area (Å²) in [5, 5.41) is 15.3.